The summed E-state index contributed by atoms with van der Waals surface area (Å²) in [6.07, 6.45) is 3.00. The number of hydrogen-bond donors (Lipinski definition) is 0. The average Bonchev–Trinajstić information content (AvgIpc) is 2.89. The maximum atomic E-state index is 13.4. The Balaban J connectivity index is 2.23. The third-order valence-electron chi connectivity index (χ3n) is 3.74. The Morgan fingerprint density at radius 1 is 1.45 bits per heavy atom. The zero-order valence-corrected chi connectivity index (χ0v) is 13.1. The smallest absolute Gasteiger partial charge is 0.207 e. The van der Waals surface area contributed by atoms with Gasteiger partial charge >= 0.3 is 0 Å². The summed E-state index contributed by atoms with van der Waals surface area (Å²) in [6, 6.07) is 3.82. The lowest BCUT2D eigenvalue weighted by Crippen LogP contribution is -2.29. The second-order valence-corrected chi connectivity index (χ2v) is 7.40. The zero-order chi connectivity index (χ0) is 14.8. The lowest BCUT2D eigenvalue weighted by molar-refractivity contribution is 0.444. The van der Waals surface area contributed by atoms with E-state index in [1.165, 1.54) is 22.5 Å². The molecule has 0 amide bonds. The van der Waals surface area contributed by atoms with Crippen LogP contribution in [0.2, 0.25) is 0 Å². The Kier molecular flexibility index (Phi) is 5.04. The molecule has 1 aromatic rings. The molecule has 1 unspecified atom stereocenters. The van der Waals surface area contributed by atoms with E-state index in [0.29, 0.717) is 19.0 Å². The van der Waals surface area contributed by atoms with Gasteiger partial charge in [-0.1, -0.05) is 13.3 Å². The second-order valence-electron chi connectivity index (χ2n) is 5.19. The van der Waals surface area contributed by atoms with Crippen molar-refractivity contribution in [3.8, 4) is 0 Å². The number of sulfonamides is 1. The summed E-state index contributed by atoms with van der Waals surface area (Å²) in [5, 5.41) is 0. The molecular weight excluding hydrogens is 301 g/mol. The summed E-state index contributed by atoms with van der Waals surface area (Å²) >= 11 is 5.63. The van der Waals surface area contributed by atoms with E-state index >= 15 is 0 Å². The molecule has 1 aliphatic rings. The van der Waals surface area contributed by atoms with E-state index < -0.39 is 15.8 Å². The minimum Gasteiger partial charge on any atom is -0.207 e. The topological polar surface area (TPSA) is 37.4 Å². The molecule has 1 saturated heterocycles. The average molecular weight is 320 g/mol. The molecule has 20 heavy (non-hydrogen) atoms. The van der Waals surface area contributed by atoms with Crippen LogP contribution in [-0.4, -0.2) is 25.8 Å². The van der Waals surface area contributed by atoms with Gasteiger partial charge < -0.3 is 0 Å². The van der Waals surface area contributed by atoms with E-state index in [1.807, 2.05) is 0 Å². The van der Waals surface area contributed by atoms with Gasteiger partial charge in [0.2, 0.25) is 10.0 Å². The maximum absolute atomic E-state index is 13.4. The Morgan fingerprint density at radius 3 is 2.85 bits per heavy atom. The summed E-state index contributed by atoms with van der Waals surface area (Å²) in [7, 11) is -3.53. The molecule has 0 bridgehead atoms. The monoisotopic (exact) mass is 319 g/mol. The number of hydrogen-bond acceptors (Lipinski definition) is 2. The van der Waals surface area contributed by atoms with Gasteiger partial charge in [-0.3, -0.25) is 0 Å². The van der Waals surface area contributed by atoms with E-state index in [2.05, 4.69) is 6.92 Å². The van der Waals surface area contributed by atoms with Crippen LogP contribution in [-0.2, 0) is 15.9 Å². The van der Waals surface area contributed by atoms with Crippen LogP contribution < -0.4 is 0 Å². The van der Waals surface area contributed by atoms with Gasteiger partial charge in [0.25, 0.3) is 0 Å². The van der Waals surface area contributed by atoms with Crippen molar-refractivity contribution in [1.29, 1.82) is 0 Å². The molecule has 0 saturated carbocycles. The highest BCUT2D eigenvalue weighted by Gasteiger charge is 2.32. The molecule has 0 aliphatic carbocycles. The van der Waals surface area contributed by atoms with Crippen molar-refractivity contribution in [3.05, 3.63) is 29.6 Å². The molecule has 0 N–H and O–H groups in total. The van der Waals surface area contributed by atoms with E-state index in [0.717, 1.165) is 19.3 Å². The SMILES string of the molecule is CCCC1CCN(S(=O)(=O)c2ccc(F)c(CCl)c2)C1. The van der Waals surface area contributed by atoms with Crippen molar-refractivity contribution in [2.75, 3.05) is 13.1 Å². The fraction of sp³-hybridized carbons (Fsp3) is 0.571. The van der Waals surface area contributed by atoms with Crippen LogP contribution in [0.4, 0.5) is 4.39 Å². The van der Waals surface area contributed by atoms with Gasteiger partial charge in [0, 0.05) is 18.7 Å². The van der Waals surface area contributed by atoms with Crippen molar-refractivity contribution in [3.63, 3.8) is 0 Å². The van der Waals surface area contributed by atoms with Crippen LogP contribution in [0.3, 0.4) is 0 Å². The van der Waals surface area contributed by atoms with Crippen molar-refractivity contribution >= 4 is 21.6 Å². The molecule has 3 nitrogen and oxygen atoms in total. The second kappa shape index (κ2) is 6.41. The van der Waals surface area contributed by atoms with Crippen molar-refractivity contribution in [2.45, 2.75) is 37.0 Å². The standard InChI is InChI=1S/C14H19ClFNO2S/c1-2-3-11-6-7-17(10-11)20(18,19)13-4-5-14(16)12(8-13)9-15/h4-5,8,11H,2-3,6-7,9-10H2,1H3. The number of halogens is 2. The summed E-state index contributed by atoms with van der Waals surface area (Å²) in [4.78, 5) is 0.131. The molecule has 1 fully saturated rings. The number of rotatable bonds is 5. The first-order valence-corrected chi connectivity index (χ1v) is 8.81. The highest BCUT2D eigenvalue weighted by molar-refractivity contribution is 7.89. The van der Waals surface area contributed by atoms with Gasteiger partial charge in [-0.15, -0.1) is 11.6 Å². The van der Waals surface area contributed by atoms with Gasteiger partial charge in [-0.25, -0.2) is 12.8 Å². The number of alkyl halides is 1. The molecule has 1 aromatic carbocycles. The third kappa shape index (κ3) is 3.15. The first kappa shape index (κ1) is 15.7. The minimum absolute atomic E-state index is 0.0341. The molecule has 2 rings (SSSR count). The fourth-order valence-electron chi connectivity index (χ4n) is 2.62. The minimum atomic E-state index is -3.53. The molecule has 1 aliphatic heterocycles. The third-order valence-corrected chi connectivity index (χ3v) is 5.89. The van der Waals surface area contributed by atoms with Crippen LogP contribution in [0.5, 0.6) is 0 Å². The summed E-state index contributed by atoms with van der Waals surface area (Å²) in [5.74, 6) is -0.0693. The largest absolute Gasteiger partial charge is 0.243 e. The predicted octanol–water partition coefficient (Wildman–Crippen LogP) is 3.38. The Labute approximate surface area is 124 Å². The van der Waals surface area contributed by atoms with Crippen molar-refractivity contribution in [1.82, 2.24) is 4.31 Å². The lowest BCUT2D eigenvalue weighted by Gasteiger charge is -2.17. The van der Waals surface area contributed by atoms with Crippen LogP contribution in [0.1, 0.15) is 31.7 Å². The first-order valence-electron chi connectivity index (χ1n) is 6.83. The van der Waals surface area contributed by atoms with Gasteiger partial charge in [-0.2, -0.15) is 4.31 Å². The number of benzene rings is 1. The van der Waals surface area contributed by atoms with Crippen LogP contribution in [0, 0.1) is 11.7 Å². The molecule has 0 aromatic heterocycles. The quantitative estimate of drug-likeness (QED) is 0.780. The van der Waals surface area contributed by atoms with Gasteiger partial charge in [-0.05, 0) is 37.0 Å². The summed E-state index contributed by atoms with van der Waals surface area (Å²) in [5.41, 5.74) is 0.219. The predicted molar refractivity (Wildman–Crippen MR) is 77.7 cm³/mol. The van der Waals surface area contributed by atoms with E-state index in [4.69, 9.17) is 11.6 Å². The Hall–Kier alpha value is -0.650. The van der Waals surface area contributed by atoms with Crippen LogP contribution >= 0.6 is 11.6 Å². The van der Waals surface area contributed by atoms with E-state index in [-0.39, 0.29) is 16.3 Å². The molecule has 0 radical (unpaired) electrons. The van der Waals surface area contributed by atoms with Crippen molar-refractivity contribution in [2.24, 2.45) is 5.92 Å². The lowest BCUT2D eigenvalue weighted by atomic mass is 10.0. The normalized spacial score (nSPS) is 20.4. The fourth-order valence-corrected chi connectivity index (χ4v) is 4.41. The Bertz CT molecular complexity index is 577. The maximum Gasteiger partial charge on any atom is 0.243 e. The summed E-state index contributed by atoms with van der Waals surface area (Å²) in [6.45, 7) is 3.20. The highest BCUT2D eigenvalue weighted by atomic mass is 35.5. The Morgan fingerprint density at radius 2 is 2.20 bits per heavy atom. The van der Waals surface area contributed by atoms with Crippen molar-refractivity contribution < 1.29 is 12.8 Å². The molecular formula is C14H19ClFNO2S. The molecule has 1 atom stereocenters. The summed E-state index contributed by atoms with van der Waals surface area (Å²) < 4.78 is 40.0. The van der Waals surface area contributed by atoms with Gasteiger partial charge in [0.15, 0.2) is 0 Å². The molecule has 6 heteroatoms. The van der Waals surface area contributed by atoms with Crippen LogP contribution in [0.15, 0.2) is 23.1 Å². The first-order chi connectivity index (χ1) is 9.48. The molecule has 0 spiro atoms. The number of nitrogens with zero attached hydrogens (tertiary/aromatic N) is 1. The van der Waals surface area contributed by atoms with E-state index in [1.54, 1.807) is 0 Å². The van der Waals surface area contributed by atoms with Crippen LogP contribution in [0.25, 0.3) is 0 Å². The zero-order valence-electron chi connectivity index (χ0n) is 11.5. The van der Waals surface area contributed by atoms with E-state index in [9.17, 15) is 12.8 Å². The molecule has 1 heterocycles. The van der Waals surface area contributed by atoms with Gasteiger partial charge in [0.05, 0.1) is 10.8 Å². The highest BCUT2D eigenvalue weighted by Crippen LogP contribution is 2.27. The molecule has 112 valence electrons. The van der Waals surface area contributed by atoms with Gasteiger partial charge in [0.1, 0.15) is 5.82 Å².